The Balaban J connectivity index is 0.000000190. The van der Waals surface area contributed by atoms with E-state index >= 15 is 0 Å². The summed E-state index contributed by atoms with van der Waals surface area (Å²) in [5, 5.41) is 0. The molecule has 0 fully saturated rings. The van der Waals surface area contributed by atoms with Crippen LogP contribution in [0.3, 0.4) is 0 Å². The van der Waals surface area contributed by atoms with E-state index in [1.54, 1.807) is 31.5 Å². The van der Waals surface area contributed by atoms with Crippen LogP contribution >= 0.6 is 15.9 Å². The summed E-state index contributed by atoms with van der Waals surface area (Å²) < 4.78 is 130. The topological polar surface area (TPSA) is 76.3 Å². The summed E-state index contributed by atoms with van der Waals surface area (Å²) in [7, 11) is 0. The summed E-state index contributed by atoms with van der Waals surface area (Å²) in [4.78, 5) is 24.0. The van der Waals surface area contributed by atoms with Gasteiger partial charge in [-0.3, -0.25) is 24.9 Å². The standard InChI is InChI=1S/C21H14F5N3.C15H11BrF2N2.C7H6F3N.Pd/c22-14-2-1-3-15(23)20(14)18-8-7-17(29-18)13-4-6-16(27-10-13)12-5-9-19(28-11-12)21(24,25)26;16-14-7-4-9(8-19-14)12-5-6-13(20-12)15-10(17)2-1-3-11(15)18;1-5-2-3-6(11-4-5)7(8,9)10;/h1-6,9-11,17H,7-8H2;1-4,7-8,12H,5-6H2;2-4H,1H3;. The molecule has 18 heteroatoms. The van der Waals surface area contributed by atoms with Crippen LogP contribution in [0.5, 0.6) is 0 Å². The number of aryl methyl sites for hydroxylation is 1. The number of hydrogen-bond acceptors (Lipinski definition) is 6. The van der Waals surface area contributed by atoms with Crippen molar-refractivity contribution < 1.29 is 64.3 Å². The molecule has 6 heterocycles. The van der Waals surface area contributed by atoms with Gasteiger partial charge in [0.25, 0.3) is 0 Å². The van der Waals surface area contributed by atoms with Crippen LogP contribution in [-0.4, -0.2) is 31.4 Å². The van der Waals surface area contributed by atoms with Crippen LogP contribution < -0.4 is 0 Å². The molecule has 61 heavy (non-hydrogen) atoms. The number of alkyl halides is 6. The maximum Gasteiger partial charge on any atom is 0.433 e. The molecular formula is C43H31BrF10N6Pd. The zero-order valence-corrected chi connectivity index (χ0v) is 34.7. The molecule has 6 nitrogen and oxygen atoms in total. The fourth-order valence-electron chi connectivity index (χ4n) is 6.30. The molecule has 0 radical (unpaired) electrons. The predicted octanol–water partition coefficient (Wildman–Crippen LogP) is 12.6. The van der Waals surface area contributed by atoms with Gasteiger partial charge in [0.15, 0.2) is 0 Å². The molecule has 0 N–H and O–H groups in total. The number of benzene rings is 2. The molecule has 4 aromatic heterocycles. The second kappa shape index (κ2) is 20.1. The van der Waals surface area contributed by atoms with Crippen LogP contribution in [0.4, 0.5) is 43.9 Å². The van der Waals surface area contributed by atoms with Crippen LogP contribution in [0.1, 0.15) is 77.0 Å². The van der Waals surface area contributed by atoms with Crippen molar-refractivity contribution in [3.8, 4) is 11.3 Å². The Bertz CT molecular complexity index is 2440. The van der Waals surface area contributed by atoms with Gasteiger partial charge in [0.05, 0.1) is 28.9 Å². The molecule has 0 saturated heterocycles. The number of aliphatic imine (C=N–C) groups is 2. The molecular weight excluding hydrogens is 977 g/mol. The minimum Gasteiger partial charge on any atom is -0.281 e. The van der Waals surface area contributed by atoms with Crippen LogP contribution in [0.2, 0.25) is 0 Å². The summed E-state index contributed by atoms with van der Waals surface area (Å²) >= 11 is 3.28. The number of nitrogens with zero attached hydrogens (tertiary/aromatic N) is 6. The van der Waals surface area contributed by atoms with Gasteiger partial charge in [0.1, 0.15) is 39.3 Å². The van der Waals surface area contributed by atoms with Crippen molar-refractivity contribution in [3.05, 3.63) is 177 Å². The van der Waals surface area contributed by atoms with Gasteiger partial charge in [0.2, 0.25) is 0 Å². The number of rotatable bonds is 5. The van der Waals surface area contributed by atoms with Crippen molar-refractivity contribution in [2.24, 2.45) is 9.98 Å². The smallest absolute Gasteiger partial charge is 0.281 e. The Hall–Kier alpha value is -5.18. The van der Waals surface area contributed by atoms with Gasteiger partial charge in [-0.1, -0.05) is 30.3 Å². The third kappa shape index (κ3) is 12.0. The number of halogens is 11. The Morgan fingerprint density at radius 2 is 0.984 bits per heavy atom. The Morgan fingerprint density at radius 1 is 0.525 bits per heavy atom. The van der Waals surface area contributed by atoms with Crippen molar-refractivity contribution in [2.45, 2.75) is 57.0 Å². The van der Waals surface area contributed by atoms with Crippen molar-refractivity contribution in [1.82, 2.24) is 19.9 Å². The summed E-state index contributed by atoms with van der Waals surface area (Å²) in [6, 6.07) is 19.0. The fraction of sp³-hybridized carbons (Fsp3) is 0.209. The molecule has 2 aliphatic rings. The van der Waals surface area contributed by atoms with Gasteiger partial charge in [0, 0.05) is 62.2 Å². The third-order valence-electron chi connectivity index (χ3n) is 9.29. The first-order chi connectivity index (χ1) is 28.5. The van der Waals surface area contributed by atoms with Crippen LogP contribution in [0.15, 0.2) is 124 Å². The van der Waals surface area contributed by atoms with Crippen molar-refractivity contribution in [3.63, 3.8) is 0 Å². The number of aromatic nitrogens is 4. The Kier molecular flexibility index (Phi) is 15.5. The molecule has 2 aliphatic heterocycles. The van der Waals surface area contributed by atoms with Crippen LogP contribution in [-0.2, 0) is 32.8 Å². The zero-order chi connectivity index (χ0) is 43.2. The molecule has 0 aliphatic carbocycles. The fourth-order valence-corrected chi connectivity index (χ4v) is 6.53. The predicted molar refractivity (Wildman–Crippen MR) is 208 cm³/mol. The molecule has 320 valence electrons. The van der Waals surface area contributed by atoms with Gasteiger partial charge >= 0.3 is 12.4 Å². The molecule has 2 unspecified atom stereocenters. The first kappa shape index (κ1) is 46.9. The number of hydrogen-bond donors (Lipinski definition) is 0. The molecule has 8 rings (SSSR count). The second-order valence-electron chi connectivity index (χ2n) is 13.5. The third-order valence-corrected chi connectivity index (χ3v) is 9.76. The molecule has 2 atom stereocenters. The van der Waals surface area contributed by atoms with Gasteiger partial charge < -0.3 is 0 Å². The molecule has 0 amide bonds. The van der Waals surface area contributed by atoms with E-state index in [2.05, 4.69) is 45.9 Å². The van der Waals surface area contributed by atoms with Crippen molar-refractivity contribution in [2.75, 3.05) is 0 Å². The van der Waals surface area contributed by atoms with Crippen LogP contribution in [0.25, 0.3) is 11.3 Å². The monoisotopic (exact) mass is 1010 g/mol. The summed E-state index contributed by atoms with van der Waals surface area (Å²) in [5.74, 6) is -2.41. The van der Waals surface area contributed by atoms with E-state index in [1.165, 1.54) is 54.7 Å². The maximum atomic E-state index is 14.0. The average Bonchev–Trinajstić information content (AvgIpc) is 3.90. The first-order valence-electron chi connectivity index (χ1n) is 18.1. The SMILES string of the molecule is Cc1ccc(C(F)(F)F)nc1.Fc1cccc(F)c1C1=NC(c2ccc(-c3ccc(C(F)(F)F)nc3)nc2)CC1.Fc1cccc(F)c1C1=NC(c2ccc(Br)nc2)CC1.[Pd]. The van der Waals surface area contributed by atoms with E-state index in [-0.39, 0.29) is 43.6 Å². The Morgan fingerprint density at radius 3 is 1.36 bits per heavy atom. The average molecular weight is 1010 g/mol. The first-order valence-corrected chi connectivity index (χ1v) is 18.9. The van der Waals surface area contributed by atoms with E-state index in [1.807, 2.05) is 12.1 Å². The zero-order valence-electron chi connectivity index (χ0n) is 31.5. The summed E-state index contributed by atoms with van der Waals surface area (Å²) in [5.41, 5.74) is 2.32. The molecule has 0 saturated carbocycles. The van der Waals surface area contributed by atoms with E-state index < -0.39 is 47.0 Å². The van der Waals surface area contributed by atoms with Crippen LogP contribution in [0, 0.1) is 30.2 Å². The molecule has 2 aromatic carbocycles. The van der Waals surface area contributed by atoms with E-state index in [4.69, 9.17) is 0 Å². The minimum atomic E-state index is -4.49. The second-order valence-corrected chi connectivity index (χ2v) is 14.3. The minimum absolute atomic E-state index is 0. The number of pyridine rings is 4. The molecule has 0 spiro atoms. The quantitative estimate of drug-likeness (QED) is 0.0979. The van der Waals surface area contributed by atoms with E-state index in [9.17, 15) is 43.9 Å². The van der Waals surface area contributed by atoms with Gasteiger partial charge in [-0.25, -0.2) is 22.5 Å². The van der Waals surface area contributed by atoms with Gasteiger partial charge in [-0.15, -0.1) is 0 Å². The van der Waals surface area contributed by atoms with E-state index in [0.717, 1.165) is 46.0 Å². The normalized spacial score (nSPS) is 16.0. The maximum absolute atomic E-state index is 14.0. The van der Waals surface area contributed by atoms with Gasteiger partial charge in [-0.05, 0) is 120 Å². The summed E-state index contributed by atoms with van der Waals surface area (Å²) in [6.45, 7) is 1.69. The summed E-state index contributed by atoms with van der Waals surface area (Å²) in [6.07, 6.45) is -0.857. The van der Waals surface area contributed by atoms with Gasteiger partial charge in [-0.2, -0.15) is 26.3 Å². The molecule has 6 aromatic rings. The van der Waals surface area contributed by atoms with Crippen molar-refractivity contribution >= 4 is 27.4 Å². The van der Waals surface area contributed by atoms with E-state index in [0.29, 0.717) is 41.9 Å². The molecule has 0 bridgehead atoms. The van der Waals surface area contributed by atoms with Crippen molar-refractivity contribution in [1.29, 1.82) is 0 Å². The largest absolute Gasteiger partial charge is 0.433 e. The Labute approximate surface area is 365 Å².